The molecule has 0 saturated carbocycles. The van der Waals surface area contributed by atoms with Gasteiger partial charge in [0.05, 0.1) is 24.7 Å². The second kappa shape index (κ2) is 6.65. The van der Waals surface area contributed by atoms with Gasteiger partial charge < -0.3 is 10.0 Å². The number of nitrogens with zero attached hydrogens (tertiary/aromatic N) is 4. The summed E-state index contributed by atoms with van der Waals surface area (Å²) in [7, 11) is 0. The van der Waals surface area contributed by atoms with Crippen LogP contribution in [-0.4, -0.2) is 46.2 Å². The number of benzene rings is 1. The van der Waals surface area contributed by atoms with Crippen LogP contribution in [0.5, 0.6) is 0 Å². The Kier molecular flexibility index (Phi) is 4.43. The van der Waals surface area contributed by atoms with Crippen LogP contribution in [0, 0.1) is 0 Å². The van der Waals surface area contributed by atoms with E-state index in [9.17, 15) is 0 Å². The summed E-state index contributed by atoms with van der Waals surface area (Å²) in [4.78, 5) is 13.2. The molecule has 2 heterocycles. The standard InChI is InChI=1S/C16H20N4O/c21-13-15-10-17-11-16(18-15)20-8-6-19(7-9-20)12-14-4-2-1-3-5-14/h1-5,10-11,21H,6-9,12-13H2. The zero-order valence-corrected chi connectivity index (χ0v) is 12.0. The van der Waals surface area contributed by atoms with E-state index in [1.54, 1.807) is 12.4 Å². The molecule has 0 radical (unpaired) electrons. The summed E-state index contributed by atoms with van der Waals surface area (Å²) in [5, 5.41) is 9.14. The Morgan fingerprint density at radius 1 is 1.00 bits per heavy atom. The van der Waals surface area contributed by atoms with Gasteiger partial charge in [-0.2, -0.15) is 0 Å². The minimum atomic E-state index is -0.0607. The summed E-state index contributed by atoms with van der Waals surface area (Å²) in [5.41, 5.74) is 1.98. The Balaban J connectivity index is 1.57. The summed E-state index contributed by atoms with van der Waals surface area (Å²) in [6.07, 6.45) is 3.38. The molecule has 1 fully saturated rings. The number of rotatable bonds is 4. The number of hydrogen-bond acceptors (Lipinski definition) is 5. The van der Waals surface area contributed by atoms with E-state index in [4.69, 9.17) is 5.11 Å². The summed E-state index contributed by atoms with van der Waals surface area (Å²) >= 11 is 0. The number of anilines is 1. The fraction of sp³-hybridized carbons (Fsp3) is 0.375. The monoisotopic (exact) mass is 284 g/mol. The molecule has 1 saturated heterocycles. The van der Waals surface area contributed by atoms with Crippen LogP contribution in [0.25, 0.3) is 0 Å². The van der Waals surface area contributed by atoms with Crippen LogP contribution < -0.4 is 4.90 Å². The van der Waals surface area contributed by atoms with Crippen molar-refractivity contribution >= 4 is 5.82 Å². The van der Waals surface area contributed by atoms with Crippen LogP contribution >= 0.6 is 0 Å². The highest BCUT2D eigenvalue weighted by Gasteiger charge is 2.18. The van der Waals surface area contributed by atoms with Crippen molar-refractivity contribution in [3.8, 4) is 0 Å². The van der Waals surface area contributed by atoms with Gasteiger partial charge >= 0.3 is 0 Å². The Morgan fingerprint density at radius 3 is 2.48 bits per heavy atom. The number of aliphatic hydroxyl groups is 1. The molecule has 0 spiro atoms. The van der Waals surface area contributed by atoms with Gasteiger partial charge in [0, 0.05) is 32.7 Å². The molecular weight excluding hydrogens is 264 g/mol. The molecule has 1 N–H and O–H groups in total. The smallest absolute Gasteiger partial charge is 0.147 e. The SMILES string of the molecule is OCc1cncc(N2CCN(Cc3ccccc3)CC2)n1. The Hall–Kier alpha value is -1.98. The molecule has 3 rings (SSSR count). The molecule has 1 aliphatic heterocycles. The van der Waals surface area contributed by atoms with Crippen molar-refractivity contribution < 1.29 is 5.11 Å². The lowest BCUT2D eigenvalue weighted by atomic mass is 10.2. The normalized spacial score (nSPS) is 16.1. The van der Waals surface area contributed by atoms with Gasteiger partial charge in [0.1, 0.15) is 5.82 Å². The number of piperazine rings is 1. The maximum Gasteiger partial charge on any atom is 0.147 e. The number of aromatic nitrogens is 2. The largest absolute Gasteiger partial charge is 0.390 e. The van der Waals surface area contributed by atoms with Crippen LogP contribution in [0.4, 0.5) is 5.82 Å². The van der Waals surface area contributed by atoms with Crippen molar-refractivity contribution in [3.63, 3.8) is 0 Å². The Labute approximate surface area is 124 Å². The predicted octanol–water partition coefficient (Wildman–Crippen LogP) is 1.29. The maximum atomic E-state index is 9.14. The van der Waals surface area contributed by atoms with E-state index in [-0.39, 0.29) is 6.61 Å². The van der Waals surface area contributed by atoms with Crippen LogP contribution in [0.2, 0.25) is 0 Å². The van der Waals surface area contributed by atoms with Gasteiger partial charge in [-0.05, 0) is 5.56 Å². The molecule has 0 atom stereocenters. The van der Waals surface area contributed by atoms with Crippen molar-refractivity contribution in [2.45, 2.75) is 13.2 Å². The summed E-state index contributed by atoms with van der Waals surface area (Å²) in [5.74, 6) is 0.862. The van der Waals surface area contributed by atoms with E-state index in [0.29, 0.717) is 5.69 Å². The molecule has 5 heteroatoms. The lowest BCUT2D eigenvalue weighted by Crippen LogP contribution is -2.46. The van der Waals surface area contributed by atoms with Crippen molar-refractivity contribution in [2.24, 2.45) is 0 Å². The molecule has 0 bridgehead atoms. The molecule has 0 aliphatic carbocycles. The van der Waals surface area contributed by atoms with Crippen molar-refractivity contribution in [1.29, 1.82) is 0 Å². The fourth-order valence-electron chi connectivity index (χ4n) is 2.60. The predicted molar refractivity (Wildman–Crippen MR) is 81.9 cm³/mol. The lowest BCUT2D eigenvalue weighted by Gasteiger charge is -2.35. The quantitative estimate of drug-likeness (QED) is 0.917. The van der Waals surface area contributed by atoms with E-state index in [0.717, 1.165) is 38.5 Å². The average Bonchev–Trinajstić information content (AvgIpc) is 2.56. The third-order valence-corrected chi connectivity index (χ3v) is 3.78. The molecule has 1 aromatic carbocycles. The average molecular weight is 284 g/mol. The van der Waals surface area contributed by atoms with Gasteiger partial charge in [-0.1, -0.05) is 30.3 Å². The molecule has 110 valence electrons. The van der Waals surface area contributed by atoms with Crippen molar-refractivity contribution in [1.82, 2.24) is 14.9 Å². The van der Waals surface area contributed by atoms with Crippen LogP contribution in [0.3, 0.4) is 0 Å². The van der Waals surface area contributed by atoms with E-state index in [2.05, 4.69) is 44.0 Å². The molecular formula is C16H20N4O. The minimum Gasteiger partial charge on any atom is -0.390 e. The first-order chi connectivity index (χ1) is 10.3. The second-order valence-electron chi connectivity index (χ2n) is 5.28. The first-order valence-corrected chi connectivity index (χ1v) is 7.28. The van der Waals surface area contributed by atoms with Crippen molar-refractivity contribution in [2.75, 3.05) is 31.1 Å². The highest BCUT2D eigenvalue weighted by atomic mass is 16.3. The zero-order valence-electron chi connectivity index (χ0n) is 12.0. The third-order valence-electron chi connectivity index (χ3n) is 3.78. The first-order valence-electron chi connectivity index (χ1n) is 7.28. The van der Waals surface area contributed by atoms with Crippen molar-refractivity contribution in [3.05, 3.63) is 54.0 Å². The van der Waals surface area contributed by atoms with Gasteiger partial charge in [-0.15, -0.1) is 0 Å². The summed E-state index contributed by atoms with van der Waals surface area (Å²) in [6, 6.07) is 10.6. The zero-order chi connectivity index (χ0) is 14.5. The highest BCUT2D eigenvalue weighted by molar-refractivity contribution is 5.37. The van der Waals surface area contributed by atoms with Crippen LogP contribution in [0.1, 0.15) is 11.3 Å². The maximum absolute atomic E-state index is 9.14. The van der Waals surface area contributed by atoms with Gasteiger partial charge in [0.15, 0.2) is 0 Å². The van der Waals surface area contributed by atoms with Gasteiger partial charge in [-0.25, -0.2) is 4.98 Å². The van der Waals surface area contributed by atoms with E-state index in [1.165, 1.54) is 5.56 Å². The fourth-order valence-corrected chi connectivity index (χ4v) is 2.60. The Morgan fingerprint density at radius 2 is 1.76 bits per heavy atom. The molecule has 0 unspecified atom stereocenters. The minimum absolute atomic E-state index is 0.0607. The Bertz CT molecular complexity index is 567. The molecule has 0 amide bonds. The second-order valence-corrected chi connectivity index (χ2v) is 5.28. The van der Waals surface area contributed by atoms with Crippen LogP contribution in [0.15, 0.2) is 42.7 Å². The molecule has 21 heavy (non-hydrogen) atoms. The van der Waals surface area contributed by atoms with Gasteiger partial charge in [0.25, 0.3) is 0 Å². The third kappa shape index (κ3) is 3.56. The van der Waals surface area contributed by atoms with E-state index in [1.807, 2.05) is 6.07 Å². The van der Waals surface area contributed by atoms with E-state index >= 15 is 0 Å². The lowest BCUT2D eigenvalue weighted by molar-refractivity contribution is 0.248. The topological polar surface area (TPSA) is 52.5 Å². The molecule has 2 aromatic rings. The van der Waals surface area contributed by atoms with Gasteiger partial charge in [-0.3, -0.25) is 9.88 Å². The van der Waals surface area contributed by atoms with E-state index < -0.39 is 0 Å². The van der Waals surface area contributed by atoms with Gasteiger partial charge in [0.2, 0.25) is 0 Å². The summed E-state index contributed by atoms with van der Waals surface area (Å²) in [6.45, 7) is 4.85. The number of hydrogen-bond donors (Lipinski definition) is 1. The summed E-state index contributed by atoms with van der Waals surface area (Å²) < 4.78 is 0. The molecule has 1 aliphatic rings. The highest BCUT2D eigenvalue weighted by Crippen LogP contribution is 2.14. The molecule has 5 nitrogen and oxygen atoms in total. The number of aliphatic hydroxyl groups excluding tert-OH is 1. The molecule has 1 aromatic heterocycles. The first kappa shape index (κ1) is 14.0. The van der Waals surface area contributed by atoms with Crippen LogP contribution in [-0.2, 0) is 13.2 Å².